The molecule has 0 radical (unpaired) electrons. The molecule has 1 N–H and O–H groups in total. The van der Waals surface area contributed by atoms with Gasteiger partial charge in [-0.1, -0.05) is 79.7 Å². The Balaban J connectivity index is 2.09. The summed E-state index contributed by atoms with van der Waals surface area (Å²) in [5.41, 5.74) is 3.76. The number of hydrogen-bond acceptors (Lipinski definition) is 4. The van der Waals surface area contributed by atoms with Gasteiger partial charge in [0, 0.05) is 33.6 Å². The molecule has 40 heavy (non-hydrogen) atoms. The standard InChI is InChI=1S/C31H40N4O4S/c1-6-19-32-31(37)29(21-26-13-9-7-10-14-26)34(22-27-15-11-8-12-16-27)30(36)23-35(40(38,39)33(4)5)28-20-24(2)17-18-25(28)3/h7-18,20,29H,6,19,21-23H2,1-5H3,(H,32,37)/t29-/m0/s1. The summed E-state index contributed by atoms with van der Waals surface area (Å²) in [5.74, 6) is -0.744. The zero-order chi connectivity index (χ0) is 29.3. The van der Waals surface area contributed by atoms with Gasteiger partial charge in [0.05, 0.1) is 5.69 Å². The topological polar surface area (TPSA) is 90.0 Å². The lowest BCUT2D eigenvalue weighted by Crippen LogP contribution is -2.54. The Kier molecular flexibility index (Phi) is 10.9. The molecule has 0 spiro atoms. The lowest BCUT2D eigenvalue weighted by Gasteiger charge is -2.35. The Labute approximate surface area is 238 Å². The molecule has 0 aliphatic rings. The summed E-state index contributed by atoms with van der Waals surface area (Å²) in [6, 6.07) is 23.6. The molecule has 8 nitrogen and oxygen atoms in total. The molecule has 0 saturated heterocycles. The average Bonchev–Trinajstić information content (AvgIpc) is 2.94. The van der Waals surface area contributed by atoms with Crippen LogP contribution in [-0.2, 0) is 32.8 Å². The smallest absolute Gasteiger partial charge is 0.304 e. The van der Waals surface area contributed by atoms with Crippen LogP contribution in [-0.4, -0.2) is 62.7 Å². The third-order valence-corrected chi connectivity index (χ3v) is 8.47. The molecule has 3 aromatic carbocycles. The number of aryl methyl sites for hydroxylation is 2. The van der Waals surface area contributed by atoms with E-state index in [1.54, 1.807) is 6.07 Å². The molecule has 0 heterocycles. The Morgan fingerprint density at radius 3 is 2.05 bits per heavy atom. The van der Waals surface area contributed by atoms with E-state index in [2.05, 4.69) is 5.32 Å². The minimum Gasteiger partial charge on any atom is -0.354 e. The van der Waals surface area contributed by atoms with Crippen LogP contribution in [0.15, 0.2) is 78.9 Å². The lowest BCUT2D eigenvalue weighted by atomic mass is 10.0. The monoisotopic (exact) mass is 564 g/mol. The number of carbonyl (C=O) groups is 2. The summed E-state index contributed by atoms with van der Waals surface area (Å²) in [6.07, 6.45) is 1.04. The van der Waals surface area contributed by atoms with Crippen molar-refractivity contribution in [3.05, 3.63) is 101 Å². The van der Waals surface area contributed by atoms with E-state index in [-0.39, 0.29) is 12.5 Å². The minimum atomic E-state index is -4.03. The molecule has 0 fully saturated rings. The fourth-order valence-corrected chi connectivity index (χ4v) is 5.50. The molecule has 0 aliphatic heterocycles. The Morgan fingerprint density at radius 1 is 0.875 bits per heavy atom. The van der Waals surface area contributed by atoms with E-state index in [1.807, 2.05) is 93.6 Å². The van der Waals surface area contributed by atoms with Crippen LogP contribution in [0.1, 0.15) is 35.6 Å². The SMILES string of the molecule is CCCNC(=O)[C@H](Cc1ccccc1)N(Cc1ccccc1)C(=O)CN(c1cc(C)ccc1C)S(=O)(=O)N(C)C. The van der Waals surface area contributed by atoms with Gasteiger partial charge in [-0.15, -0.1) is 0 Å². The van der Waals surface area contributed by atoms with Crippen molar-refractivity contribution in [2.45, 2.75) is 46.2 Å². The third kappa shape index (κ3) is 7.92. The number of nitrogens with one attached hydrogen (secondary N) is 1. The van der Waals surface area contributed by atoms with Crippen LogP contribution in [0.2, 0.25) is 0 Å². The van der Waals surface area contributed by atoms with E-state index in [0.29, 0.717) is 18.7 Å². The predicted molar refractivity (Wildman–Crippen MR) is 160 cm³/mol. The molecule has 0 aliphatic carbocycles. The normalized spacial score (nSPS) is 12.2. The Bertz CT molecular complexity index is 1380. The van der Waals surface area contributed by atoms with Gasteiger partial charge in [0.1, 0.15) is 12.6 Å². The van der Waals surface area contributed by atoms with Crippen LogP contribution in [0.3, 0.4) is 0 Å². The summed E-state index contributed by atoms with van der Waals surface area (Å²) in [4.78, 5) is 29.3. The number of rotatable bonds is 13. The molecular weight excluding hydrogens is 524 g/mol. The number of nitrogens with zero attached hydrogens (tertiary/aromatic N) is 3. The first kappa shape index (κ1) is 30.8. The summed E-state index contributed by atoms with van der Waals surface area (Å²) in [6.45, 7) is 5.83. The number of anilines is 1. The van der Waals surface area contributed by atoms with Gasteiger partial charge >= 0.3 is 10.2 Å². The third-order valence-electron chi connectivity index (χ3n) is 6.67. The average molecular weight is 565 g/mol. The first-order valence-corrected chi connectivity index (χ1v) is 14.9. The summed E-state index contributed by atoms with van der Waals surface area (Å²) in [5, 5.41) is 2.95. The molecule has 0 aromatic heterocycles. The van der Waals surface area contributed by atoms with Crippen LogP contribution >= 0.6 is 0 Å². The van der Waals surface area contributed by atoms with Crippen LogP contribution in [0.4, 0.5) is 5.69 Å². The lowest BCUT2D eigenvalue weighted by molar-refractivity contribution is -0.140. The largest absolute Gasteiger partial charge is 0.354 e. The highest BCUT2D eigenvalue weighted by molar-refractivity contribution is 7.90. The van der Waals surface area contributed by atoms with E-state index in [4.69, 9.17) is 0 Å². The fraction of sp³-hybridized carbons (Fsp3) is 0.355. The van der Waals surface area contributed by atoms with Crippen molar-refractivity contribution in [3.63, 3.8) is 0 Å². The molecule has 1 atom stereocenters. The maximum atomic E-state index is 14.2. The highest BCUT2D eigenvalue weighted by Gasteiger charge is 2.35. The number of benzene rings is 3. The van der Waals surface area contributed by atoms with Gasteiger partial charge in [-0.05, 0) is 48.6 Å². The molecule has 0 unspecified atom stereocenters. The van der Waals surface area contributed by atoms with Gasteiger partial charge in [0.2, 0.25) is 11.8 Å². The molecule has 3 rings (SSSR count). The molecule has 3 aromatic rings. The second-order valence-corrected chi connectivity index (χ2v) is 12.2. The van der Waals surface area contributed by atoms with Crippen molar-refractivity contribution in [1.82, 2.24) is 14.5 Å². The molecule has 214 valence electrons. The zero-order valence-corrected chi connectivity index (χ0v) is 24.8. The number of hydrogen-bond donors (Lipinski definition) is 1. The van der Waals surface area contributed by atoms with E-state index < -0.39 is 28.7 Å². The predicted octanol–water partition coefficient (Wildman–Crippen LogP) is 4.08. The van der Waals surface area contributed by atoms with Gasteiger partial charge in [0.15, 0.2) is 0 Å². The maximum Gasteiger partial charge on any atom is 0.304 e. The fourth-order valence-electron chi connectivity index (χ4n) is 4.39. The van der Waals surface area contributed by atoms with Gasteiger partial charge in [-0.2, -0.15) is 12.7 Å². The zero-order valence-electron chi connectivity index (χ0n) is 24.0. The highest BCUT2D eigenvalue weighted by atomic mass is 32.2. The first-order valence-electron chi connectivity index (χ1n) is 13.5. The van der Waals surface area contributed by atoms with Crippen molar-refractivity contribution in [1.29, 1.82) is 0 Å². The molecule has 0 bridgehead atoms. The van der Waals surface area contributed by atoms with E-state index in [1.165, 1.54) is 19.0 Å². The summed E-state index contributed by atoms with van der Waals surface area (Å²) < 4.78 is 29.3. The van der Waals surface area contributed by atoms with Gasteiger partial charge in [-0.25, -0.2) is 4.31 Å². The molecule has 9 heteroatoms. The van der Waals surface area contributed by atoms with Crippen LogP contribution in [0.5, 0.6) is 0 Å². The van der Waals surface area contributed by atoms with Gasteiger partial charge < -0.3 is 10.2 Å². The molecular formula is C31H40N4O4S. The maximum absolute atomic E-state index is 14.2. The van der Waals surface area contributed by atoms with Crippen molar-refractivity contribution in [2.24, 2.45) is 0 Å². The Morgan fingerprint density at radius 2 is 1.48 bits per heavy atom. The van der Waals surface area contributed by atoms with Crippen molar-refractivity contribution < 1.29 is 18.0 Å². The molecule has 0 saturated carbocycles. The summed E-state index contributed by atoms with van der Waals surface area (Å²) in [7, 11) is -1.15. The van der Waals surface area contributed by atoms with Crippen LogP contribution in [0, 0.1) is 13.8 Å². The number of carbonyl (C=O) groups excluding carboxylic acids is 2. The number of amides is 2. The van der Waals surface area contributed by atoms with Crippen LogP contribution < -0.4 is 9.62 Å². The minimum absolute atomic E-state index is 0.152. The van der Waals surface area contributed by atoms with Gasteiger partial charge in [0.25, 0.3) is 0 Å². The second kappa shape index (κ2) is 14.1. The van der Waals surface area contributed by atoms with Crippen LogP contribution in [0.25, 0.3) is 0 Å². The molecule has 2 amide bonds. The Hall–Kier alpha value is -3.69. The van der Waals surface area contributed by atoms with Crippen molar-refractivity contribution in [2.75, 3.05) is 31.5 Å². The highest BCUT2D eigenvalue weighted by Crippen LogP contribution is 2.26. The summed E-state index contributed by atoms with van der Waals surface area (Å²) >= 11 is 0. The van der Waals surface area contributed by atoms with E-state index >= 15 is 0 Å². The first-order chi connectivity index (χ1) is 19.0. The second-order valence-electron chi connectivity index (χ2n) is 10.1. The van der Waals surface area contributed by atoms with Crippen molar-refractivity contribution >= 4 is 27.7 Å². The van der Waals surface area contributed by atoms with E-state index in [0.717, 1.165) is 37.3 Å². The van der Waals surface area contributed by atoms with Gasteiger partial charge in [-0.3, -0.25) is 9.59 Å². The van der Waals surface area contributed by atoms with E-state index in [9.17, 15) is 18.0 Å². The van der Waals surface area contributed by atoms with Crippen molar-refractivity contribution in [3.8, 4) is 0 Å². The quantitative estimate of drug-likeness (QED) is 0.339.